The summed E-state index contributed by atoms with van der Waals surface area (Å²) in [6.45, 7) is 7.55. The Morgan fingerprint density at radius 3 is 2.40 bits per heavy atom. The molecule has 3 heterocycles. The first-order chi connectivity index (χ1) is 14.0. The molecule has 0 spiro atoms. The summed E-state index contributed by atoms with van der Waals surface area (Å²) in [6, 6.07) is 5.39. The van der Waals surface area contributed by atoms with E-state index in [1.807, 2.05) is 13.8 Å². The molecule has 3 aliphatic rings. The number of non-ortho nitro benzene ring substituents is 1. The van der Waals surface area contributed by atoms with Crippen LogP contribution in [-0.2, 0) is 34.9 Å². The van der Waals surface area contributed by atoms with Crippen LogP contribution in [0.3, 0.4) is 0 Å². The van der Waals surface area contributed by atoms with Gasteiger partial charge >= 0.3 is 0 Å². The third-order valence-electron chi connectivity index (χ3n) is 5.32. The number of nitrogens with one attached hydrogen (secondary N) is 1. The third kappa shape index (κ3) is 4.33. The highest BCUT2D eigenvalue weighted by Crippen LogP contribution is 2.40. The summed E-state index contributed by atoms with van der Waals surface area (Å²) in [5, 5.41) is 13.8. The predicted octanol–water partition coefficient (Wildman–Crippen LogP) is 1.65. The molecule has 0 aromatic heterocycles. The van der Waals surface area contributed by atoms with Crippen LogP contribution in [0.25, 0.3) is 0 Å². The number of hydrogen-bond acceptors (Lipinski definition) is 8. The number of amides is 1. The molecule has 5 atom stereocenters. The Labute approximate surface area is 173 Å². The minimum atomic E-state index is -0.825. The molecule has 1 amide bonds. The lowest BCUT2D eigenvalue weighted by molar-refractivity contribution is -0.384. The van der Waals surface area contributed by atoms with Crippen molar-refractivity contribution in [1.82, 2.24) is 5.32 Å². The first kappa shape index (κ1) is 21.1. The molecule has 10 heteroatoms. The monoisotopic (exact) mass is 422 g/mol. The van der Waals surface area contributed by atoms with Gasteiger partial charge in [0.15, 0.2) is 17.9 Å². The first-order valence-electron chi connectivity index (χ1n) is 9.89. The van der Waals surface area contributed by atoms with Crippen LogP contribution in [0.4, 0.5) is 5.69 Å². The highest BCUT2D eigenvalue weighted by atomic mass is 16.8. The SMILES string of the molecule is CC1(C)O[C@H]2O[C@H]([C@H]3COC(C)(C)O3)[C@@H](NC(=O)Cc3ccc([N+](=O)[O-])cc3)[C@H]2O1. The number of benzene rings is 1. The van der Waals surface area contributed by atoms with Crippen LogP contribution < -0.4 is 5.32 Å². The van der Waals surface area contributed by atoms with Gasteiger partial charge in [0.2, 0.25) is 5.91 Å². The van der Waals surface area contributed by atoms with Gasteiger partial charge in [0.05, 0.1) is 24.0 Å². The largest absolute Gasteiger partial charge is 0.348 e. The second-order valence-corrected chi connectivity index (χ2v) is 8.63. The van der Waals surface area contributed by atoms with Crippen molar-refractivity contribution in [2.24, 2.45) is 0 Å². The topological polar surface area (TPSA) is 118 Å². The second kappa shape index (κ2) is 7.54. The van der Waals surface area contributed by atoms with E-state index in [2.05, 4.69) is 5.32 Å². The highest BCUT2D eigenvalue weighted by Gasteiger charge is 2.58. The van der Waals surface area contributed by atoms with E-state index in [9.17, 15) is 14.9 Å². The van der Waals surface area contributed by atoms with Crippen molar-refractivity contribution in [2.45, 2.75) is 76.3 Å². The summed E-state index contributed by atoms with van der Waals surface area (Å²) in [5.41, 5.74) is 0.640. The van der Waals surface area contributed by atoms with Gasteiger partial charge in [-0.1, -0.05) is 12.1 Å². The molecule has 3 fully saturated rings. The molecule has 3 saturated heterocycles. The maximum absolute atomic E-state index is 12.8. The summed E-state index contributed by atoms with van der Waals surface area (Å²) < 4.78 is 29.5. The lowest BCUT2D eigenvalue weighted by Crippen LogP contribution is -2.52. The number of carbonyl (C=O) groups excluding carboxylic acids is 1. The summed E-state index contributed by atoms with van der Waals surface area (Å²) in [5.74, 6) is -1.82. The smallest absolute Gasteiger partial charge is 0.269 e. The Kier molecular flexibility index (Phi) is 5.31. The van der Waals surface area contributed by atoms with E-state index in [0.717, 1.165) is 0 Å². The molecule has 0 aliphatic carbocycles. The maximum atomic E-state index is 12.8. The van der Waals surface area contributed by atoms with Gasteiger partial charge in [0.1, 0.15) is 18.3 Å². The van der Waals surface area contributed by atoms with E-state index in [-0.39, 0.29) is 24.1 Å². The van der Waals surface area contributed by atoms with Crippen LogP contribution in [0.1, 0.15) is 33.3 Å². The van der Waals surface area contributed by atoms with Crippen LogP contribution in [0.2, 0.25) is 0 Å². The van der Waals surface area contributed by atoms with Crippen molar-refractivity contribution in [3.8, 4) is 0 Å². The van der Waals surface area contributed by atoms with Crippen molar-refractivity contribution in [1.29, 1.82) is 0 Å². The fourth-order valence-electron chi connectivity index (χ4n) is 4.05. The Balaban J connectivity index is 1.46. The molecule has 0 bridgehead atoms. The third-order valence-corrected chi connectivity index (χ3v) is 5.32. The van der Waals surface area contributed by atoms with Crippen molar-refractivity contribution in [3.05, 3.63) is 39.9 Å². The molecule has 1 aromatic rings. The molecular weight excluding hydrogens is 396 g/mol. The molecular formula is C20H26N2O8. The van der Waals surface area contributed by atoms with E-state index < -0.39 is 41.0 Å². The predicted molar refractivity (Wildman–Crippen MR) is 102 cm³/mol. The molecule has 4 rings (SSSR count). The minimum Gasteiger partial charge on any atom is -0.348 e. The van der Waals surface area contributed by atoms with E-state index in [0.29, 0.717) is 12.2 Å². The average Bonchev–Trinajstić information content (AvgIpc) is 3.25. The van der Waals surface area contributed by atoms with Crippen molar-refractivity contribution >= 4 is 11.6 Å². The van der Waals surface area contributed by atoms with Crippen molar-refractivity contribution in [3.63, 3.8) is 0 Å². The molecule has 164 valence electrons. The Morgan fingerprint density at radius 2 is 1.80 bits per heavy atom. The minimum absolute atomic E-state index is 0.0222. The molecule has 30 heavy (non-hydrogen) atoms. The van der Waals surface area contributed by atoms with Gasteiger partial charge in [-0.2, -0.15) is 0 Å². The molecule has 0 unspecified atom stereocenters. The number of fused-ring (bicyclic) bond motifs is 1. The van der Waals surface area contributed by atoms with Gasteiger partial charge < -0.3 is 29.0 Å². The van der Waals surface area contributed by atoms with Gasteiger partial charge in [-0.05, 0) is 33.3 Å². The zero-order valence-corrected chi connectivity index (χ0v) is 17.3. The van der Waals surface area contributed by atoms with Gasteiger partial charge in [0, 0.05) is 12.1 Å². The fraction of sp³-hybridized carbons (Fsp3) is 0.650. The molecule has 3 aliphatic heterocycles. The number of nitro groups is 1. The van der Waals surface area contributed by atoms with Crippen LogP contribution in [0, 0.1) is 10.1 Å². The highest BCUT2D eigenvalue weighted by molar-refractivity contribution is 5.79. The zero-order chi connectivity index (χ0) is 21.7. The molecule has 1 N–H and O–H groups in total. The molecule has 1 aromatic carbocycles. The van der Waals surface area contributed by atoms with E-state index in [4.69, 9.17) is 23.7 Å². The molecule has 0 radical (unpaired) electrons. The summed E-state index contributed by atoms with van der Waals surface area (Å²) in [4.78, 5) is 23.1. The Morgan fingerprint density at radius 1 is 1.10 bits per heavy atom. The van der Waals surface area contributed by atoms with E-state index >= 15 is 0 Å². The van der Waals surface area contributed by atoms with Crippen LogP contribution in [-0.4, -0.2) is 59.7 Å². The van der Waals surface area contributed by atoms with Crippen LogP contribution >= 0.6 is 0 Å². The van der Waals surface area contributed by atoms with Gasteiger partial charge in [0.25, 0.3) is 5.69 Å². The van der Waals surface area contributed by atoms with Crippen LogP contribution in [0.15, 0.2) is 24.3 Å². The van der Waals surface area contributed by atoms with Crippen molar-refractivity contribution < 1.29 is 33.4 Å². The van der Waals surface area contributed by atoms with Crippen LogP contribution in [0.5, 0.6) is 0 Å². The first-order valence-corrected chi connectivity index (χ1v) is 9.89. The maximum Gasteiger partial charge on any atom is 0.269 e. The number of ether oxygens (including phenoxy) is 5. The number of rotatable bonds is 5. The quantitative estimate of drug-likeness (QED) is 0.562. The lowest BCUT2D eigenvalue weighted by atomic mass is 10.0. The van der Waals surface area contributed by atoms with E-state index in [1.54, 1.807) is 26.0 Å². The normalized spacial score (nSPS) is 33.9. The van der Waals surface area contributed by atoms with Gasteiger partial charge in [-0.25, -0.2) is 0 Å². The summed E-state index contributed by atoms with van der Waals surface area (Å²) in [6.07, 6.45) is -1.93. The number of carbonyl (C=O) groups is 1. The standard InChI is InChI=1S/C20H26N2O8/c1-19(2)26-10-13(28-19)16-15(17-18(27-16)30-20(3,4)29-17)21-14(23)9-11-5-7-12(8-6-11)22(24)25/h5-8,13,15-18H,9-10H2,1-4H3,(H,21,23)/t13-,15-,16-,17-,18-/m1/s1. The van der Waals surface area contributed by atoms with Gasteiger partial charge in [-0.3, -0.25) is 14.9 Å². The van der Waals surface area contributed by atoms with E-state index in [1.165, 1.54) is 12.1 Å². The molecule has 0 saturated carbocycles. The molecule has 10 nitrogen and oxygen atoms in total. The van der Waals surface area contributed by atoms with Crippen molar-refractivity contribution in [2.75, 3.05) is 6.61 Å². The average molecular weight is 422 g/mol. The summed E-state index contributed by atoms with van der Waals surface area (Å²) in [7, 11) is 0. The fourth-order valence-corrected chi connectivity index (χ4v) is 4.05. The second-order valence-electron chi connectivity index (χ2n) is 8.63. The zero-order valence-electron chi connectivity index (χ0n) is 17.3. The lowest BCUT2D eigenvalue weighted by Gasteiger charge is -2.29. The summed E-state index contributed by atoms with van der Waals surface area (Å²) >= 11 is 0. The Hall–Kier alpha value is -2.11. The number of hydrogen-bond donors (Lipinski definition) is 1. The number of nitro benzene ring substituents is 1. The number of nitrogens with zero attached hydrogens (tertiary/aromatic N) is 1. The Bertz CT molecular complexity index is 825. The van der Waals surface area contributed by atoms with Gasteiger partial charge in [-0.15, -0.1) is 0 Å².